The minimum absolute atomic E-state index is 0.0887. The number of alkyl carbamates (subject to hydrolysis) is 1. The number of nitrogens with one attached hydrogen (secondary N) is 2. The van der Waals surface area contributed by atoms with E-state index in [1.807, 2.05) is 69.7 Å². The predicted octanol–water partition coefficient (Wildman–Crippen LogP) is 7.38. The Balaban J connectivity index is 1.01. The zero-order chi connectivity index (χ0) is 43.5. The van der Waals surface area contributed by atoms with Crippen molar-refractivity contribution in [3.8, 4) is 0 Å². The first-order chi connectivity index (χ1) is 28.3. The van der Waals surface area contributed by atoms with Gasteiger partial charge in [-0.1, -0.05) is 50.6 Å². The number of unbranched alkanes of at least 4 members (excludes halogenated alkanes) is 2. The van der Waals surface area contributed by atoms with Crippen molar-refractivity contribution in [2.45, 2.75) is 99.7 Å². The minimum Gasteiger partial charge on any atom is -0.449 e. The quantitative estimate of drug-likeness (QED) is 0.0437. The van der Waals surface area contributed by atoms with Crippen molar-refractivity contribution in [3.05, 3.63) is 95.8 Å². The molecule has 0 spiro atoms. The van der Waals surface area contributed by atoms with Crippen LogP contribution in [0.2, 0.25) is 0 Å². The molecule has 0 bridgehead atoms. The Morgan fingerprint density at radius 1 is 0.833 bits per heavy atom. The van der Waals surface area contributed by atoms with E-state index in [9.17, 15) is 35.5 Å². The highest BCUT2D eigenvalue weighted by molar-refractivity contribution is 7.86. The molecular formula is C45H59N4O9S2+. The van der Waals surface area contributed by atoms with Crippen molar-refractivity contribution in [1.82, 2.24) is 10.6 Å². The summed E-state index contributed by atoms with van der Waals surface area (Å²) in [6, 6.07) is 9.26. The van der Waals surface area contributed by atoms with E-state index in [2.05, 4.69) is 27.7 Å². The molecular weight excluding hydrogens is 805 g/mol. The summed E-state index contributed by atoms with van der Waals surface area (Å²) in [6.45, 7) is 9.68. The van der Waals surface area contributed by atoms with E-state index in [1.54, 1.807) is 12.1 Å². The second-order valence-corrected chi connectivity index (χ2v) is 20.1. The molecule has 2 amide bonds. The molecule has 6 rings (SSSR count). The van der Waals surface area contributed by atoms with Crippen LogP contribution in [-0.2, 0) is 40.6 Å². The van der Waals surface area contributed by atoms with Crippen LogP contribution < -0.4 is 15.5 Å². The highest BCUT2D eigenvalue weighted by Crippen LogP contribution is 2.53. The lowest BCUT2D eigenvalue weighted by molar-refractivity contribution is -0.401. The Morgan fingerprint density at radius 2 is 1.47 bits per heavy atom. The number of amides is 2. The van der Waals surface area contributed by atoms with Crippen molar-refractivity contribution in [3.63, 3.8) is 0 Å². The maximum absolute atomic E-state index is 12.6. The molecule has 324 valence electrons. The van der Waals surface area contributed by atoms with Gasteiger partial charge in [0, 0.05) is 60.6 Å². The summed E-state index contributed by atoms with van der Waals surface area (Å²) in [5, 5.41) is 5.60. The first-order valence-electron chi connectivity index (χ1n) is 20.8. The number of nitrogens with zero attached hydrogens (tertiary/aromatic N) is 2. The van der Waals surface area contributed by atoms with Crippen LogP contribution in [0, 0.1) is 17.8 Å². The summed E-state index contributed by atoms with van der Waals surface area (Å²) < 4.78 is 74.7. The van der Waals surface area contributed by atoms with Crippen LogP contribution in [-0.4, -0.2) is 81.5 Å². The molecule has 4 aliphatic rings. The van der Waals surface area contributed by atoms with Gasteiger partial charge in [-0.25, -0.2) is 4.79 Å². The Bertz CT molecular complexity index is 2350. The average molecular weight is 864 g/mol. The zero-order valence-electron chi connectivity index (χ0n) is 35.2. The van der Waals surface area contributed by atoms with Crippen LogP contribution >= 0.6 is 0 Å². The third-order valence-corrected chi connectivity index (χ3v) is 14.3. The molecule has 13 nitrogen and oxygen atoms in total. The van der Waals surface area contributed by atoms with Crippen molar-refractivity contribution in [1.29, 1.82) is 0 Å². The molecule has 1 saturated carbocycles. The molecule has 0 saturated heterocycles. The number of benzene rings is 2. The summed E-state index contributed by atoms with van der Waals surface area (Å²) in [4.78, 5) is 26.6. The molecule has 3 atom stereocenters. The Kier molecular flexibility index (Phi) is 13.6. The number of rotatable bonds is 16. The summed E-state index contributed by atoms with van der Waals surface area (Å²) in [6.07, 6.45) is 20.8. The molecule has 2 aliphatic heterocycles. The van der Waals surface area contributed by atoms with Gasteiger partial charge in [0.25, 0.3) is 20.2 Å². The Labute approximate surface area is 354 Å². The lowest BCUT2D eigenvalue weighted by Gasteiger charge is -2.27. The molecule has 0 aromatic heterocycles. The summed E-state index contributed by atoms with van der Waals surface area (Å²) in [5.41, 5.74) is 3.98. The second-order valence-electron chi connectivity index (χ2n) is 17.3. The van der Waals surface area contributed by atoms with Crippen molar-refractivity contribution in [2.75, 3.05) is 38.2 Å². The fraction of sp³-hybridized carbons (Fsp3) is 0.489. The second kappa shape index (κ2) is 18.2. The SMILES string of the molecule is C[N+]1=C(C=CC=CC=C2N(CCCCCC(=O)NCCNC(=O)OCC3C4CCC=CCC[C@@H]43)c3ccc(S(=O)(=O)O)cc3C2(C)C)C(C)(C)c2cc(S(=O)(=O)O)ccc21. The molecule has 1 fully saturated rings. The fourth-order valence-electron chi connectivity index (χ4n) is 9.24. The predicted molar refractivity (Wildman–Crippen MR) is 232 cm³/mol. The van der Waals surface area contributed by atoms with Gasteiger partial charge in [0.15, 0.2) is 5.71 Å². The van der Waals surface area contributed by atoms with Crippen LogP contribution in [0.25, 0.3) is 0 Å². The first kappa shape index (κ1) is 45.0. The Morgan fingerprint density at radius 3 is 2.13 bits per heavy atom. The van der Waals surface area contributed by atoms with Gasteiger partial charge in [-0.2, -0.15) is 21.4 Å². The highest BCUT2D eigenvalue weighted by Gasteiger charge is 2.49. The fourth-order valence-corrected chi connectivity index (χ4v) is 10.3. The standard InChI is InChI=1S/C45H58N4O9S2/c1-44(2)36-28-31(59(52,53)54)21-23-38(36)48(5)40(44)18-12-8-13-19-41-45(3,4)37-29-32(60(55,56)57)22-24-39(37)49(41)27-15-9-14-20-42(50)46-25-26-47-43(51)58-30-35-33-16-10-6-7-11-17-34(33)35/h6-8,12-13,18-19,21-24,28-29,33-35H,9-11,14-17,20,25-27,30H2,1-5H3,(H3-,46,47,50,51,52,53,54,55,56,57)/p+1/t33-,34?,35?/m0/s1. The topological polar surface area (TPSA) is 182 Å². The monoisotopic (exact) mass is 863 g/mol. The lowest BCUT2D eigenvalue weighted by atomic mass is 9.81. The van der Waals surface area contributed by atoms with Gasteiger partial charge in [0.1, 0.15) is 7.05 Å². The molecule has 4 N–H and O–H groups in total. The lowest BCUT2D eigenvalue weighted by Crippen LogP contribution is -2.35. The number of anilines is 1. The molecule has 2 aliphatic carbocycles. The summed E-state index contributed by atoms with van der Waals surface area (Å²) >= 11 is 0. The van der Waals surface area contributed by atoms with Crippen molar-refractivity contribution < 1.29 is 44.8 Å². The van der Waals surface area contributed by atoms with E-state index >= 15 is 0 Å². The van der Waals surface area contributed by atoms with E-state index in [1.165, 1.54) is 24.3 Å². The molecule has 2 aromatic carbocycles. The molecule has 15 heteroatoms. The van der Waals surface area contributed by atoms with Crippen molar-refractivity contribution in [2.24, 2.45) is 17.8 Å². The Hall–Kier alpha value is -4.57. The van der Waals surface area contributed by atoms with Gasteiger partial charge in [-0.05, 0) is 112 Å². The molecule has 2 aromatic rings. The van der Waals surface area contributed by atoms with Gasteiger partial charge in [-0.3, -0.25) is 13.9 Å². The van der Waals surface area contributed by atoms with Gasteiger partial charge in [0.05, 0.1) is 21.8 Å². The maximum atomic E-state index is 12.6. The highest BCUT2D eigenvalue weighted by atomic mass is 32.2. The minimum atomic E-state index is -4.42. The maximum Gasteiger partial charge on any atom is 0.407 e. The van der Waals surface area contributed by atoms with Gasteiger partial charge >= 0.3 is 6.09 Å². The van der Waals surface area contributed by atoms with Gasteiger partial charge < -0.3 is 20.3 Å². The van der Waals surface area contributed by atoms with E-state index in [0.717, 1.165) is 72.4 Å². The number of carbonyl (C=O) groups is 2. The van der Waals surface area contributed by atoms with Gasteiger partial charge in [0.2, 0.25) is 11.6 Å². The van der Waals surface area contributed by atoms with Crippen LogP contribution in [0.1, 0.15) is 90.2 Å². The third kappa shape index (κ3) is 10.1. The summed E-state index contributed by atoms with van der Waals surface area (Å²) in [5.74, 6) is 1.69. The molecule has 2 unspecified atom stereocenters. The molecule has 2 heterocycles. The van der Waals surface area contributed by atoms with Gasteiger partial charge in [-0.15, -0.1) is 0 Å². The summed E-state index contributed by atoms with van der Waals surface area (Å²) in [7, 11) is -6.86. The number of hydrogen-bond acceptors (Lipinski definition) is 8. The zero-order valence-corrected chi connectivity index (χ0v) is 36.8. The first-order valence-corrected chi connectivity index (χ1v) is 23.7. The molecule has 0 radical (unpaired) electrons. The largest absolute Gasteiger partial charge is 0.449 e. The van der Waals surface area contributed by atoms with Crippen LogP contribution in [0.15, 0.2) is 94.4 Å². The number of allylic oxidation sites excluding steroid dienone is 8. The van der Waals surface area contributed by atoms with E-state index in [4.69, 9.17) is 4.74 Å². The van der Waals surface area contributed by atoms with Crippen LogP contribution in [0.5, 0.6) is 0 Å². The number of carbonyl (C=O) groups excluding carboxylic acids is 2. The number of fused-ring (bicyclic) bond motifs is 3. The third-order valence-electron chi connectivity index (χ3n) is 12.6. The number of ether oxygens (including phenoxy) is 1. The molecule has 60 heavy (non-hydrogen) atoms. The van der Waals surface area contributed by atoms with Crippen LogP contribution in [0.3, 0.4) is 0 Å². The smallest absolute Gasteiger partial charge is 0.407 e. The van der Waals surface area contributed by atoms with E-state index in [-0.39, 0.29) is 22.2 Å². The average Bonchev–Trinajstić information content (AvgIpc) is 3.71. The van der Waals surface area contributed by atoms with Crippen molar-refractivity contribution >= 4 is 49.3 Å². The van der Waals surface area contributed by atoms with Crippen LogP contribution in [0.4, 0.5) is 16.2 Å². The normalized spacial score (nSPS) is 22.4. The van der Waals surface area contributed by atoms with E-state index < -0.39 is 37.2 Å². The van der Waals surface area contributed by atoms with E-state index in [0.29, 0.717) is 50.3 Å². The number of hydrogen-bond donors (Lipinski definition) is 4.